The third-order valence-electron chi connectivity index (χ3n) is 4.85. The lowest BCUT2D eigenvalue weighted by atomic mass is 9.92. The maximum Gasteiger partial charge on any atom is 0.322 e. The van der Waals surface area contributed by atoms with Gasteiger partial charge in [-0.15, -0.1) is 12.4 Å². The minimum Gasteiger partial charge on any atom is -0.336 e. The van der Waals surface area contributed by atoms with Crippen molar-refractivity contribution in [3.05, 3.63) is 28.8 Å². The molecular weight excluding hydrogens is 363 g/mol. The summed E-state index contributed by atoms with van der Waals surface area (Å²) in [4.78, 5) is 28.3. The van der Waals surface area contributed by atoms with Crippen molar-refractivity contribution in [1.29, 1.82) is 0 Å². The van der Waals surface area contributed by atoms with Crippen LogP contribution in [-0.4, -0.2) is 49.1 Å². The molecule has 3 N–H and O–H groups in total. The number of anilines is 1. The van der Waals surface area contributed by atoms with Crippen molar-refractivity contribution >= 4 is 41.6 Å². The van der Waals surface area contributed by atoms with E-state index < -0.39 is 0 Å². The molecule has 2 atom stereocenters. The molecule has 0 aromatic heterocycles. The molecule has 1 aromatic carbocycles. The van der Waals surface area contributed by atoms with E-state index in [0.29, 0.717) is 48.4 Å². The Hall–Kier alpha value is -1.50. The molecule has 2 aliphatic heterocycles. The summed E-state index contributed by atoms with van der Waals surface area (Å²) < 4.78 is 0. The average Bonchev–Trinajstić information content (AvgIpc) is 3.00. The Bertz CT molecular complexity index is 656. The van der Waals surface area contributed by atoms with E-state index in [4.69, 9.17) is 17.3 Å². The van der Waals surface area contributed by atoms with Gasteiger partial charge in [-0.3, -0.25) is 9.69 Å². The van der Waals surface area contributed by atoms with Gasteiger partial charge in [0.05, 0.1) is 10.7 Å². The summed E-state index contributed by atoms with van der Waals surface area (Å²) in [5.74, 6) is 0.534. The molecule has 138 valence electrons. The van der Waals surface area contributed by atoms with Gasteiger partial charge >= 0.3 is 6.03 Å². The van der Waals surface area contributed by atoms with Crippen LogP contribution in [0.2, 0.25) is 5.02 Å². The van der Waals surface area contributed by atoms with Gasteiger partial charge in [0.1, 0.15) is 0 Å². The molecule has 2 heterocycles. The standard InChI is InChI=1S/C17H23ClN4O2.ClH/c1-11-4-6-21(13(8-11)10-19)16(23)12-2-3-14(18)15(9-12)22-7-5-20-17(22)24;/h2-3,9,11,13H,4-8,10,19H2,1H3,(H,20,24);1H. The van der Waals surface area contributed by atoms with Crippen LogP contribution >= 0.6 is 24.0 Å². The summed E-state index contributed by atoms with van der Waals surface area (Å²) in [5.41, 5.74) is 6.99. The first-order chi connectivity index (χ1) is 11.5. The zero-order valence-corrected chi connectivity index (χ0v) is 15.8. The van der Waals surface area contributed by atoms with Gasteiger partial charge < -0.3 is 16.0 Å². The van der Waals surface area contributed by atoms with Crippen LogP contribution in [-0.2, 0) is 0 Å². The molecule has 0 saturated carbocycles. The molecule has 3 rings (SSSR count). The molecule has 0 aliphatic carbocycles. The molecule has 6 nitrogen and oxygen atoms in total. The van der Waals surface area contributed by atoms with Crippen LogP contribution < -0.4 is 16.0 Å². The second kappa shape index (κ2) is 8.25. The van der Waals surface area contributed by atoms with E-state index in [1.54, 1.807) is 23.1 Å². The summed E-state index contributed by atoms with van der Waals surface area (Å²) in [5, 5.41) is 3.21. The second-order valence-electron chi connectivity index (χ2n) is 6.57. The van der Waals surface area contributed by atoms with E-state index in [1.807, 2.05) is 4.90 Å². The van der Waals surface area contributed by atoms with Crippen molar-refractivity contribution in [2.75, 3.05) is 31.1 Å². The smallest absolute Gasteiger partial charge is 0.322 e. The van der Waals surface area contributed by atoms with Gasteiger partial charge in [-0.25, -0.2) is 4.79 Å². The van der Waals surface area contributed by atoms with E-state index in [-0.39, 0.29) is 30.4 Å². The minimum atomic E-state index is -0.187. The number of urea groups is 1. The Morgan fingerprint density at radius 2 is 2.16 bits per heavy atom. The summed E-state index contributed by atoms with van der Waals surface area (Å²) >= 11 is 6.24. The first-order valence-corrected chi connectivity index (χ1v) is 8.75. The average molecular weight is 387 g/mol. The Kier molecular flexibility index (Phi) is 6.54. The number of carbonyl (C=O) groups excluding carboxylic acids is 2. The number of piperidine rings is 1. The fraction of sp³-hybridized carbons (Fsp3) is 0.529. The number of hydrogen-bond acceptors (Lipinski definition) is 3. The van der Waals surface area contributed by atoms with E-state index in [1.165, 1.54) is 0 Å². The Balaban J connectivity index is 0.00000225. The second-order valence-corrected chi connectivity index (χ2v) is 6.97. The molecule has 0 spiro atoms. The molecule has 3 amide bonds. The maximum absolute atomic E-state index is 12.9. The van der Waals surface area contributed by atoms with Crippen LogP contribution in [0.25, 0.3) is 0 Å². The molecular formula is C17H24Cl2N4O2. The molecule has 2 saturated heterocycles. The highest BCUT2D eigenvalue weighted by molar-refractivity contribution is 6.34. The number of nitrogens with two attached hydrogens (primary N) is 1. The van der Waals surface area contributed by atoms with Crippen molar-refractivity contribution in [2.45, 2.75) is 25.8 Å². The molecule has 8 heteroatoms. The number of amides is 3. The Morgan fingerprint density at radius 1 is 1.40 bits per heavy atom. The molecule has 1 aromatic rings. The van der Waals surface area contributed by atoms with Gasteiger partial charge in [-0.1, -0.05) is 18.5 Å². The van der Waals surface area contributed by atoms with Gasteiger partial charge in [0.2, 0.25) is 0 Å². The molecule has 2 aliphatic rings. The highest BCUT2D eigenvalue weighted by Crippen LogP contribution is 2.30. The molecule has 25 heavy (non-hydrogen) atoms. The largest absolute Gasteiger partial charge is 0.336 e. The van der Waals surface area contributed by atoms with E-state index in [2.05, 4.69) is 12.2 Å². The Morgan fingerprint density at radius 3 is 2.80 bits per heavy atom. The van der Waals surface area contributed by atoms with E-state index >= 15 is 0 Å². The maximum atomic E-state index is 12.9. The van der Waals surface area contributed by atoms with Crippen LogP contribution in [0.4, 0.5) is 10.5 Å². The topological polar surface area (TPSA) is 78.7 Å². The number of hydrogen-bond donors (Lipinski definition) is 2. The molecule has 2 fully saturated rings. The summed E-state index contributed by atoms with van der Waals surface area (Å²) in [7, 11) is 0. The normalized spacial score (nSPS) is 23.2. The van der Waals surface area contributed by atoms with Crippen molar-refractivity contribution in [2.24, 2.45) is 11.7 Å². The van der Waals surface area contributed by atoms with Gasteiger partial charge in [-0.2, -0.15) is 0 Å². The number of halogens is 2. The van der Waals surface area contributed by atoms with Crippen molar-refractivity contribution in [3.63, 3.8) is 0 Å². The van der Waals surface area contributed by atoms with Crippen LogP contribution in [0.5, 0.6) is 0 Å². The highest BCUT2D eigenvalue weighted by atomic mass is 35.5. The summed E-state index contributed by atoms with van der Waals surface area (Å²) in [6, 6.07) is 4.98. The fourth-order valence-corrected chi connectivity index (χ4v) is 3.68. The van der Waals surface area contributed by atoms with Gasteiger partial charge in [0, 0.05) is 37.8 Å². The zero-order chi connectivity index (χ0) is 17.3. The van der Waals surface area contributed by atoms with Crippen molar-refractivity contribution in [1.82, 2.24) is 10.2 Å². The van der Waals surface area contributed by atoms with Crippen molar-refractivity contribution in [3.8, 4) is 0 Å². The zero-order valence-electron chi connectivity index (χ0n) is 14.2. The number of rotatable bonds is 3. The lowest BCUT2D eigenvalue weighted by Crippen LogP contribution is -2.49. The van der Waals surface area contributed by atoms with Crippen LogP contribution in [0, 0.1) is 5.92 Å². The van der Waals surface area contributed by atoms with Crippen LogP contribution in [0.15, 0.2) is 18.2 Å². The van der Waals surface area contributed by atoms with Gasteiger partial charge in [-0.05, 0) is 37.0 Å². The number of carbonyl (C=O) groups is 2. The monoisotopic (exact) mass is 386 g/mol. The predicted octanol–water partition coefficient (Wildman–Crippen LogP) is 2.49. The van der Waals surface area contributed by atoms with E-state index in [9.17, 15) is 9.59 Å². The van der Waals surface area contributed by atoms with Crippen molar-refractivity contribution < 1.29 is 9.59 Å². The Labute approximate surface area is 159 Å². The number of benzene rings is 1. The first-order valence-electron chi connectivity index (χ1n) is 8.37. The summed E-state index contributed by atoms with van der Waals surface area (Å²) in [6.45, 7) is 4.49. The first kappa shape index (κ1) is 19.8. The number of nitrogens with one attached hydrogen (secondary N) is 1. The van der Waals surface area contributed by atoms with E-state index in [0.717, 1.165) is 12.8 Å². The lowest BCUT2D eigenvalue weighted by molar-refractivity contribution is 0.0573. The lowest BCUT2D eigenvalue weighted by Gasteiger charge is -2.38. The SMILES string of the molecule is CC1CCN(C(=O)c2ccc(Cl)c(N3CCNC3=O)c2)C(CN)C1.Cl. The van der Waals surface area contributed by atoms with Gasteiger partial charge in [0.15, 0.2) is 0 Å². The highest BCUT2D eigenvalue weighted by Gasteiger charge is 2.30. The minimum absolute atomic E-state index is 0. The van der Waals surface area contributed by atoms with Crippen LogP contribution in [0.3, 0.4) is 0 Å². The third-order valence-corrected chi connectivity index (χ3v) is 5.17. The van der Waals surface area contributed by atoms with Gasteiger partial charge in [0.25, 0.3) is 5.91 Å². The quantitative estimate of drug-likeness (QED) is 0.837. The molecule has 0 bridgehead atoms. The molecule has 2 unspecified atom stereocenters. The molecule has 0 radical (unpaired) electrons. The fourth-order valence-electron chi connectivity index (χ4n) is 3.46. The van der Waals surface area contributed by atoms with Crippen LogP contribution in [0.1, 0.15) is 30.1 Å². The predicted molar refractivity (Wildman–Crippen MR) is 102 cm³/mol. The number of likely N-dealkylation sites (tertiary alicyclic amines) is 1. The number of nitrogens with zero attached hydrogens (tertiary/aromatic N) is 2. The summed E-state index contributed by atoms with van der Waals surface area (Å²) in [6.07, 6.45) is 1.91. The third kappa shape index (κ3) is 4.02.